The summed E-state index contributed by atoms with van der Waals surface area (Å²) in [6, 6.07) is 0. The molecule has 0 aliphatic rings. The SMILES string of the molecule is CCN(CC)CCCN(CC)c1ncc(CCl)c(C)n1. The fraction of sp³-hybridized carbons (Fsp3) is 0.733. The molecular weight excluding hydrogens is 272 g/mol. The van der Waals surface area contributed by atoms with Crippen molar-refractivity contribution in [1.29, 1.82) is 0 Å². The summed E-state index contributed by atoms with van der Waals surface area (Å²) in [6.07, 6.45) is 2.98. The highest BCUT2D eigenvalue weighted by Gasteiger charge is 2.10. The Morgan fingerprint density at radius 1 is 1.10 bits per heavy atom. The van der Waals surface area contributed by atoms with Gasteiger partial charge in [-0.1, -0.05) is 13.8 Å². The number of aryl methyl sites for hydroxylation is 1. The van der Waals surface area contributed by atoms with Crippen molar-refractivity contribution < 1.29 is 0 Å². The highest BCUT2D eigenvalue weighted by Crippen LogP contribution is 2.13. The number of anilines is 1. The number of hydrogen-bond acceptors (Lipinski definition) is 4. The van der Waals surface area contributed by atoms with Crippen molar-refractivity contribution in [2.45, 2.75) is 40.0 Å². The molecule has 114 valence electrons. The first-order valence-electron chi connectivity index (χ1n) is 7.51. The van der Waals surface area contributed by atoms with E-state index in [-0.39, 0.29) is 0 Å². The Hall–Kier alpha value is -0.870. The van der Waals surface area contributed by atoms with Crippen molar-refractivity contribution in [2.24, 2.45) is 0 Å². The number of hydrogen-bond donors (Lipinski definition) is 0. The Kier molecular flexibility index (Phi) is 7.85. The zero-order chi connectivity index (χ0) is 15.0. The summed E-state index contributed by atoms with van der Waals surface area (Å²) in [5.74, 6) is 1.29. The molecule has 0 unspecified atom stereocenters. The number of alkyl halides is 1. The van der Waals surface area contributed by atoms with Crippen LogP contribution in [0.4, 0.5) is 5.95 Å². The minimum absolute atomic E-state index is 0.472. The third-order valence-electron chi connectivity index (χ3n) is 3.67. The molecule has 0 atom stereocenters. The first kappa shape index (κ1) is 17.2. The van der Waals surface area contributed by atoms with Crippen molar-refractivity contribution in [2.75, 3.05) is 37.6 Å². The minimum Gasteiger partial charge on any atom is -0.341 e. The number of aromatic nitrogens is 2. The number of halogens is 1. The van der Waals surface area contributed by atoms with Crippen LogP contribution in [-0.2, 0) is 5.88 Å². The van der Waals surface area contributed by atoms with E-state index in [1.807, 2.05) is 13.1 Å². The molecular formula is C15H27ClN4. The lowest BCUT2D eigenvalue weighted by atomic mass is 10.3. The van der Waals surface area contributed by atoms with Gasteiger partial charge in [0, 0.05) is 30.5 Å². The Balaban J connectivity index is 2.59. The van der Waals surface area contributed by atoms with Crippen molar-refractivity contribution in [3.63, 3.8) is 0 Å². The maximum Gasteiger partial charge on any atom is 0.225 e. The van der Waals surface area contributed by atoms with Crippen LogP contribution in [0, 0.1) is 6.92 Å². The average molecular weight is 299 g/mol. The smallest absolute Gasteiger partial charge is 0.225 e. The first-order chi connectivity index (χ1) is 9.65. The molecule has 0 aromatic carbocycles. The molecule has 4 nitrogen and oxygen atoms in total. The Labute approximate surface area is 128 Å². The summed E-state index contributed by atoms with van der Waals surface area (Å²) >= 11 is 5.85. The van der Waals surface area contributed by atoms with Gasteiger partial charge in [0.1, 0.15) is 0 Å². The topological polar surface area (TPSA) is 32.3 Å². The van der Waals surface area contributed by atoms with Crippen LogP contribution in [-0.4, -0.2) is 47.6 Å². The maximum atomic E-state index is 5.85. The lowest BCUT2D eigenvalue weighted by Crippen LogP contribution is -2.31. The van der Waals surface area contributed by atoms with Crippen LogP contribution in [0.2, 0.25) is 0 Å². The molecule has 0 aliphatic heterocycles. The Bertz CT molecular complexity index is 393. The molecule has 0 aliphatic carbocycles. The lowest BCUT2D eigenvalue weighted by Gasteiger charge is -2.24. The molecule has 1 aromatic heterocycles. The summed E-state index contributed by atoms with van der Waals surface area (Å²) in [5.41, 5.74) is 1.99. The molecule has 20 heavy (non-hydrogen) atoms. The van der Waals surface area contributed by atoms with Crippen LogP contribution >= 0.6 is 11.6 Å². The van der Waals surface area contributed by atoms with E-state index < -0.39 is 0 Å². The van der Waals surface area contributed by atoms with Gasteiger partial charge >= 0.3 is 0 Å². The predicted molar refractivity (Wildman–Crippen MR) is 86.6 cm³/mol. The molecule has 0 spiro atoms. The predicted octanol–water partition coefficient (Wildman–Crippen LogP) is 3.08. The van der Waals surface area contributed by atoms with Gasteiger partial charge in [0.25, 0.3) is 0 Å². The molecule has 0 saturated carbocycles. The fourth-order valence-corrected chi connectivity index (χ4v) is 2.45. The number of nitrogens with zero attached hydrogens (tertiary/aromatic N) is 4. The molecule has 0 radical (unpaired) electrons. The van der Waals surface area contributed by atoms with Gasteiger partial charge in [-0.3, -0.25) is 0 Å². The van der Waals surface area contributed by atoms with Crippen LogP contribution in [0.25, 0.3) is 0 Å². The maximum absolute atomic E-state index is 5.85. The Morgan fingerprint density at radius 3 is 2.30 bits per heavy atom. The standard InChI is InChI=1S/C15H27ClN4/c1-5-19(6-2)9-8-10-20(7-3)15-17-12-14(11-16)13(4)18-15/h12H,5-11H2,1-4H3. The molecule has 1 heterocycles. The van der Waals surface area contributed by atoms with E-state index in [0.717, 1.165) is 56.4 Å². The molecule has 5 heteroatoms. The summed E-state index contributed by atoms with van der Waals surface area (Å²) in [5, 5.41) is 0. The van der Waals surface area contributed by atoms with Gasteiger partial charge in [-0.05, 0) is 39.9 Å². The molecule has 0 amide bonds. The molecule has 0 N–H and O–H groups in total. The largest absolute Gasteiger partial charge is 0.341 e. The molecule has 0 fully saturated rings. The van der Waals surface area contributed by atoms with Crippen molar-refractivity contribution in [1.82, 2.24) is 14.9 Å². The monoisotopic (exact) mass is 298 g/mol. The summed E-state index contributed by atoms with van der Waals surface area (Å²) in [6.45, 7) is 13.8. The van der Waals surface area contributed by atoms with E-state index in [1.54, 1.807) is 0 Å². The highest BCUT2D eigenvalue weighted by atomic mass is 35.5. The second-order valence-electron chi connectivity index (χ2n) is 4.87. The second kappa shape index (κ2) is 9.14. The highest BCUT2D eigenvalue weighted by molar-refractivity contribution is 6.17. The minimum atomic E-state index is 0.472. The average Bonchev–Trinajstić information content (AvgIpc) is 2.47. The number of rotatable bonds is 9. The van der Waals surface area contributed by atoms with E-state index >= 15 is 0 Å². The van der Waals surface area contributed by atoms with Crippen molar-refractivity contribution in [3.8, 4) is 0 Å². The van der Waals surface area contributed by atoms with E-state index in [9.17, 15) is 0 Å². The van der Waals surface area contributed by atoms with Crippen LogP contribution in [0.1, 0.15) is 38.4 Å². The molecule has 0 saturated heterocycles. The van der Waals surface area contributed by atoms with Gasteiger partial charge in [0.2, 0.25) is 5.95 Å². The van der Waals surface area contributed by atoms with Crippen LogP contribution in [0.15, 0.2) is 6.20 Å². The zero-order valence-electron chi connectivity index (χ0n) is 13.2. The first-order valence-corrected chi connectivity index (χ1v) is 8.05. The van der Waals surface area contributed by atoms with Gasteiger partial charge in [0.05, 0.1) is 5.88 Å². The van der Waals surface area contributed by atoms with Gasteiger partial charge < -0.3 is 9.80 Å². The van der Waals surface area contributed by atoms with E-state index in [2.05, 4.69) is 40.5 Å². The van der Waals surface area contributed by atoms with Crippen LogP contribution in [0.5, 0.6) is 0 Å². The molecule has 1 aromatic rings. The van der Waals surface area contributed by atoms with Gasteiger partial charge in [0.15, 0.2) is 0 Å². The Morgan fingerprint density at radius 2 is 1.80 bits per heavy atom. The summed E-state index contributed by atoms with van der Waals surface area (Å²) < 4.78 is 0. The van der Waals surface area contributed by atoms with Crippen LogP contribution in [0.3, 0.4) is 0 Å². The fourth-order valence-electron chi connectivity index (χ4n) is 2.19. The second-order valence-corrected chi connectivity index (χ2v) is 5.14. The van der Waals surface area contributed by atoms with E-state index in [4.69, 9.17) is 11.6 Å². The van der Waals surface area contributed by atoms with Gasteiger partial charge in [-0.15, -0.1) is 11.6 Å². The molecule has 0 bridgehead atoms. The third-order valence-corrected chi connectivity index (χ3v) is 3.96. The van der Waals surface area contributed by atoms with E-state index in [1.165, 1.54) is 0 Å². The van der Waals surface area contributed by atoms with Gasteiger partial charge in [-0.2, -0.15) is 0 Å². The quantitative estimate of drug-likeness (QED) is 0.656. The third kappa shape index (κ3) is 4.91. The summed E-state index contributed by atoms with van der Waals surface area (Å²) in [7, 11) is 0. The zero-order valence-corrected chi connectivity index (χ0v) is 13.9. The molecule has 1 rings (SSSR count). The van der Waals surface area contributed by atoms with Crippen LogP contribution < -0.4 is 4.90 Å². The van der Waals surface area contributed by atoms with Crippen molar-refractivity contribution in [3.05, 3.63) is 17.5 Å². The van der Waals surface area contributed by atoms with E-state index in [0.29, 0.717) is 5.88 Å². The lowest BCUT2D eigenvalue weighted by molar-refractivity contribution is 0.300. The van der Waals surface area contributed by atoms with Crippen molar-refractivity contribution >= 4 is 17.5 Å². The normalized spacial score (nSPS) is 11.1. The van der Waals surface area contributed by atoms with Gasteiger partial charge in [-0.25, -0.2) is 9.97 Å². The summed E-state index contributed by atoms with van der Waals surface area (Å²) in [4.78, 5) is 13.7.